The van der Waals surface area contributed by atoms with Crippen molar-refractivity contribution in [2.24, 2.45) is 5.92 Å². The lowest BCUT2D eigenvalue weighted by atomic mass is 9.90. The van der Waals surface area contributed by atoms with E-state index in [9.17, 15) is 13.6 Å². The highest BCUT2D eigenvalue weighted by atomic mass is 19.3. The number of rotatable bonds is 7. The second kappa shape index (κ2) is 8.57. The molecule has 1 N–H and O–H groups in total. The Morgan fingerprint density at radius 1 is 1.29 bits per heavy atom. The molecule has 130 valence electrons. The number of carbonyl (C=O) groups is 1. The first-order valence-corrected chi connectivity index (χ1v) is 7.88. The van der Waals surface area contributed by atoms with Crippen LogP contribution in [0.1, 0.15) is 33.3 Å². The number of benzene rings is 1. The normalized spacial score (nSPS) is 14.7. The minimum atomic E-state index is -2.90. The number of halogens is 2. The highest BCUT2D eigenvalue weighted by Crippen LogP contribution is 2.32. The maximum atomic E-state index is 13.8. The van der Waals surface area contributed by atoms with Crippen molar-refractivity contribution in [2.75, 3.05) is 0 Å². The van der Waals surface area contributed by atoms with Crippen LogP contribution in [0.25, 0.3) is 0 Å². The van der Waals surface area contributed by atoms with E-state index >= 15 is 0 Å². The molecule has 4 heteroatoms. The molecule has 2 nitrogen and oxygen atoms in total. The average molecular weight is 333 g/mol. The van der Waals surface area contributed by atoms with Gasteiger partial charge in [0.15, 0.2) is 0 Å². The fourth-order valence-corrected chi connectivity index (χ4v) is 2.38. The molecule has 0 fully saturated rings. The van der Waals surface area contributed by atoms with Gasteiger partial charge in [0, 0.05) is 18.5 Å². The van der Waals surface area contributed by atoms with Crippen LogP contribution in [0, 0.1) is 5.92 Å². The molecule has 1 unspecified atom stereocenters. The van der Waals surface area contributed by atoms with E-state index in [0.717, 1.165) is 18.1 Å². The van der Waals surface area contributed by atoms with Gasteiger partial charge >= 0.3 is 0 Å². The van der Waals surface area contributed by atoms with Crippen LogP contribution in [0.3, 0.4) is 0 Å². The van der Waals surface area contributed by atoms with Gasteiger partial charge in [0.05, 0.1) is 0 Å². The van der Waals surface area contributed by atoms with Crippen LogP contribution < -0.4 is 5.32 Å². The smallest absolute Gasteiger partial charge is 0.251 e. The summed E-state index contributed by atoms with van der Waals surface area (Å²) in [5, 5.41) is 2.62. The van der Waals surface area contributed by atoms with E-state index < -0.39 is 11.8 Å². The van der Waals surface area contributed by atoms with E-state index in [2.05, 4.69) is 11.9 Å². The Morgan fingerprint density at radius 2 is 1.88 bits per heavy atom. The summed E-state index contributed by atoms with van der Waals surface area (Å²) in [6.07, 6.45) is 3.95. The van der Waals surface area contributed by atoms with Crippen molar-refractivity contribution in [3.8, 4) is 0 Å². The van der Waals surface area contributed by atoms with Crippen molar-refractivity contribution in [3.63, 3.8) is 0 Å². The summed E-state index contributed by atoms with van der Waals surface area (Å²) in [5.41, 5.74) is 2.72. The molecule has 0 saturated heterocycles. The van der Waals surface area contributed by atoms with Crippen molar-refractivity contribution in [3.05, 3.63) is 71.5 Å². The first-order chi connectivity index (χ1) is 11.1. The molecule has 0 radical (unpaired) electrons. The van der Waals surface area contributed by atoms with Gasteiger partial charge in [-0.2, -0.15) is 0 Å². The lowest BCUT2D eigenvalue weighted by molar-refractivity contribution is -0.118. The SMILES string of the molecule is C=C/C(=C\C(=C(/C)NC(C)=O)C(C)C(C)(F)F)Cc1ccccc1. The van der Waals surface area contributed by atoms with E-state index in [-0.39, 0.29) is 5.91 Å². The predicted octanol–water partition coefficient (Wildman–Crippen LogP) is 5.04. The van der Waals surface area contributed by atoms with Crippen LogP contribution in [-0.4, -0.2) is 11.8 Å². The summed E-state index contributed by atoms with van der Waals surface area (Å²) >= 11 is 0. The average Bonchev–Trinajstić information content (AvgIpc) is 2.50. The van der Waals surface area contributed by atoms with Gasteiger partial charge in [-0.15, -0.1) is 0 Å². The van der Waals surface area contributed by atoms with Gasteiger partial charge in [-0.25, -0.2) is 8.78 Å². The molecule has 1 aromatic rings. The number of nitrogens with one attached hydrogen (secondary N) is 1. The Labute approximate surface area is 143 Å². The fourth-order valence-electron chi connectivity index (χ4n) is 2.38. The third-order valence-corrected chi connectivity index (χ3v) is 3.88. The van der Waals surface area contributed by atoms with E-state index in [4.69, 9.17) is 0 Å². The molecule has 1 aromatic carbocycles. The van der Waals surface area contributed by atoms with Crippen LogP contribution in [0.5, 0.6) is 0 Å². The summed E-state index contributed by atoms with van der Waals surface area (Å²) in [6, 6.07) is 9.72. The third kappa shape index (κ3) is 6.11. The number of amides is 1. The summed E-state index contributed by atoms with van der Waals surface area (Å²) in [6.45, 7) is 9.13. The van der Waals surface area contributed by atoms with Crippen molar-refractivity contribution in [1.82, 2.24) is 5.32 Å². The molecule has 0 aliphatic heterocycles. The van der Waals surface area contributed by atoms with Crippen LogP contribution >= 0.6 is 0 Å². The standard InChI is InChI=1S/C20H25F2NO/c1-6-17(12-18-10-8-7-9-11-18)13-19(14(2)20(5,21)22)15(3)23-16(4)24/h6-11,13-14H,1,12H2,2-5H3,(H,23,24)/b17-13+,19-15-. The molecule has 0 saturated carbocycles. The Kier molecular flexibility index (Phi) is 7.08. The summed E-state index contributed by atoms with van der Waals surface area (Å²) in [7, 11) is 0. The van der Waals surface area contributed by atoms with Crippen molar-refractivity contribution >= 4 is 5.91 Å². The van der Waals surface area contributed by atoms with Crippen molar-refractivity contribution in [1.29, 1.82) is 0 Å². The zero-order valence-electron chi connectivity index (χ0n) is 14.7. The second-order valence-corrected chi connectivity index (χ2v) is 6.03. The molecule has 0 aromatic heterocycles. The predicted molar refractivity (Wildman–Crippen MR) is 94.7 cm³/mol. The van der Waals surface area contributed by atoms with E-state index in [1.54, 1.807) is 19.1 Å². The first-order valence-electron chi connectivity index (χ1n) is 7.88. The maximum Gasteiger partial charge on any atom is 0.251 e. The van der Waals surface area contributed by atoms with E-state index in [1.807, 2.05) is 30.3 Å². The molecule has 0 aliphatic carbocycles. The number of hydrogen-bond acceptors (Lipinski definition) is 1. The summed E-state index contributed by atoms with van der Waals surface area (Å²) in [5.74, 6) is -4.21. The van der Waals surface area contributed by atoms with Gasteiger partial charge in [0.25, 0.3) is 5.92 Å². The van der Waals surface area contributed by atoms with Gasteiger partial charge < -0.3 is 5.32 Å². The largest absolute Gasteiger partial charge is 0.330 e. The summed E-state index contributed by atoms with van der Waals surface area (Å²) < 4.78 is 27.7. The highest BCUT2D eigenvalue weighted by molar-refractivity contribution is 5.75. The summed E-state index contributed by atoms with van der Waals surface area (Å²) in [4.78, 5) is 11.3. The minimum absolute atomic E-state index is 0.284. The van der Waals surface area contributed by atoms with Crippen LogP contribution in [0.4, 0.5) is 8.78 Å². The van der Waals surface area contributed by atoms with Crippen LogP contribution in [0.2, 0.25) is 0 Å². The van der Waals surface area contributed by atoms with Crippen LogP contribution in [-0.2, 0) is 11.2 Å². The van der Waals surface area contributed by atoms with Gasteiger partial charge in [-0.3, -0.25) is 4.79 Å². The second-order valence-electron chi connectivity index (χ2n) is 6.03. The number of carbonyl (C=O) groups excluding carboxylic acids is 1. The molecule has 1 rings (SSSR count). The Balaban J connectivity index is 3.26. The Morgan fingerprint density at radius 3 is 2.33 bits per heavy atom. The molecule has 0 spiro atoms. The molecule has 0 bridgehead atoms. The van der Waals surface area contributed by atoms with Crippen LogP contribution in [0.15, 0.2) is 65.9 Å². The van der Waals surface area contributed by atoms with Gasteiger partial charge in [-0.1, -0.05) is 56.0 Å². The maximum absolute atomic E-state index is 13.8. The molecule has 1 atom stereocenters. The molecule has 0 heterocycles. The molecule has 24 heavy (non-hydrogen) atoms. The lowest BCUT2D eigenvalue weighted by Gasteiger charge is -2.23. The van der Waals surface area contributed by atoms with E-state index in [0.29, 0.717) is 17.7 Å². The van der Waals surface area contributed by atoms with Crippen molar-refractivity contribution in [2.45, 2.75) is 40.0 Å². The zero-order chi connectivity index (χ0) is 18.3. The number of allylic oxidation sites excluding steroid dienone is 5. The van der Waals surface area contributed by atoms with Gasteiger partial charge in [0.1, 0.15) is 0 Å². The van der Waals surface area contributed by atoms with Crippen molar-refractivity contribution < 1.29 is 13.6 Å². The highest BCUT2D eigenvalue weighted by Gasteiger charge is 2.33. The monoisotopic (exact) mass is 333 g/mol. The number of hydrogen-bond donors (Lipinski definition) is 1. The lowest BCUT2D eigenvalue weighted by Crippen LogP contribution is -2.27. The molecular formula is C20H25F2NO. The van der Waals surface area contributed by atoms with E-state index in [1.165, 1.54) is 13.8 Å². The molecule has 0 aliphatic rings. The zero-order valence-corrected chi connectivity index (χ0v) is 14.7. The topological polar surface area (TPSA) is 29.1 Å². The Hall–Kier alpha value is -2.23. The van der Waals surface area contributed by atoms with Gasteiger partial charge in [-0.05, 0) is 37.0 Å². The number of alkyl halides is 2. The first kappa shape index (κ1) is 19.8. The fraction of sp³-hybridized carbons (Fsp3) is 0.350. The Bertz CT molecular complexity index is 639. The third-order valence-electron chi connectivity index (χ3n) is 3.88. The van der Waals surface area contributed by atoms with Gasteiger partial charge in [0.2, 0.25) is 5.91 Å². The quantitative estimate of drug-likeness (QED) is 0.696. The molecular weight excluding hydrogens is 308 g/mol. The molecule has 1 amide bonds. The minimum Gasteiger partial charge on any atom is -0.330 e.